The number of aromatic nitrogens is 3. The molecule has 1 saturated heterocycles. The van der Waals surface area contributed by atoms with E-state index in [1.54, 1.807) is 30.3 Å². The van der Waals surface area contributed by atoms with Crippen molar-refractivity contribution in [1.29, 1.82) is 0 Å². The second-order valence-electron chi connectivity index (χ2n) is 8.19. The Bertz CT molecular complexity index is 1190. The van der Waals surface area contributed by atoms with Gasteiger partial charge in [0, 0.05) is 31.0 Å². The molecule has 2 bridgehead atoms. The lowest BCUT2D eigenvalue weighted by molar-refractivity contribution is -0.133. The quantitative estimate of drug-likeness (QED) is 0.614. The molecule has 1 aromatic heterocycles. The van der Waals surface area contributed by atoms with Gasteiger partial charge in [0.2, 0.25) is 5.91 Å². The summed E-state index contributed by atoms with van der Waals surface area (Å²) in [6.45, 7) is 0.639. The zero-order chi connectivity index (χ0) is 21.4. The van der Waals surface area contributed by atoms with E-state index in [1.165, 1.54) is 0 Å². The van der Waals surface area contributed by atoms with E-state index in [4.69, 9.17) is 0 Å². The van der Waals surface area contributed by atoms with Gasteiger partial charge in [-0.1, -0.05) is 48.5 Å². The van der Waals surface area contributed by atoms with Gasteiger partial charge in [-0.05, 0) is 25.0 Å². The fourth-order valence-corrected chi connectivity index (χ4v) is 6.00. The maximum absolute atomic E-state index is 13.1. The van der Waals surface area contributed by atoms with E-state index in [2.05, 4.69) is 14.8 Å². The Labute approximate surface area is 181 Å². The van der Waals surface area contributed by atoms with Gasteiger partial charge >= 0.3 is 0 Å². The molecular formula is C23H24N4O3S. The molecular weight excluding hydrogens is 412 g/mol. The molecule has 0 N–H and O–H groups in total. The van der Waals surface area contributed by atoms with E-state index in [9.17, 15) is 13.2 Å². The summed E-state index contributed by atoms with van der Waals surface area (Å²) in [5.41, 5.74) is 1.01. The van der Waals surface area contributed by atoms with Crippen LogP contribution in [0.1, 0.15) is 25.1 Å². The van der Waals surface area contributed by atoms with Crippen LogP contribution in [0.15, 0.2) is 65.6 Å². The number of hydrogen-bond acceptors (Lipinski definition) is 5. The SMILES string of the molecule is O=C(CCS(=O)(=O)c1ccccc1)N1C2CCC1Cn1c(nnc1-c1ccccc1)C2. The molecule has 0 radical (unpaired) electrons. The molecule has 1 amide bonds. The van der Waals surface area contributed by atoms with Crippen molar-refractivity contribution in [3.63, 3.8) is 0 Å². The highest BCUT2D eigenvalue weighted by Crippen LogP contribution is 2.33. The number of hydrogen-bond donors (Lipinski definition) is 0. The fraction of sp³-hybridized carbons (Fsp3) is 0.348. The number of benzene rings is 2. The third-order valence-electron chi connectivity index (χ3n) is 6.27. The van der Waals surface area contributed by atoms with Crippen LogP contribution in [0.4, 0.5) is 0 Å². The Morgan fingerprint density at radius 2 is 1.61 bits per heavy atom. The van der Waals surface area contributed by atoms with Crippen molar-refractivity contribution in [2.45, 2.75) is 49.2 Å². The van der Waals surface area contributed by atoms with Crippen LogP contribution in [0.3, 0.4) is 0 Å². The summed E-state index contributed by atoms with van der Waals surface area (Å²) in [4.78, 5) is 15.3. The van der Waals surface area contributed by atoms with Gasteiger partial charge in [0.1, 0.15) is 5.82 Å². The summed E-state index contributed by atoms with van der Waals surface area (Å²) in [5, 5.41) is 8.82. The van der Waals surface area contributed by atoms with Crippen molar-refractivity contribution in [3.8, 4) is 11.4 Å². The van der Waals surface area contributed by atoms with Gasteiger partial charge < -0.3 is 9.47 Å². The molecule has 5 rings (SSSR count). The molecule has 1 fully saturated rings. The van der Waals surface area contributed by atoms with Gasteiger partial charge in [-0.3, -0.25) is 4.79 Å². The lowest BCUT2D eigenvalue weighted by Gasteiger charge is -2.28. The second kappa shape index (κ2) is 7.92. The van der Waals surface area contributed by atoms with Gasteiger partial charge in [-0.2, -0.15) is 0 Å². The minimum atomic E-state index is -3.48. The van der Waals surface area contributed by atoms with Crippen molar-refractivity contribution < 1.29 is 13.2 Å². The van der Waals surface area contributed by atoms with Crippen molar-refractivity contribution in [1.82, 2.24) is 19.7 Å². The van der Waals surface area contributed by atoms with E-state index in [0.29, 0.717) is 13.0 Å². The molecule has 2 aromatic carbocycles. The van der Waals surface area contributed by atoms with Gasteiger partial charge in [0.05, 0.1) is 16.7 Å². The monoisotopic (exact) mass is 436 g/mol. The molecule has 2 aliphatic heterocycles. The van der Waals surface area contributed by atoms with Crippen molar-refractivity contribution in [2.24, 2.45) is 0 Å². The maximum Gasteiger partial charge on any atom is 0.224 e. The largest absolute Gasteiger partial charge is 0.334 e. The number of sulfone groups is 1. The first kappa shape index (κ1) is 19.9. The first-order valence-corrected chi connectivity index (χ1v) is 12.2. The van der Waals surface area contributed by atoms with Crippen molar-refractivity contribution >= 4 is 15.7 Å². The first-order valence-electron chi connectivity index (χ1n) is 10.6. The third kappa shape index (κ3) is 3.76. The number of rotatable bonds is 5. The third-order valence-corrected chi connectivity index (χ3v) is 8.00. The lowest BCUT2D eigenvalue weighted by atomic mass is 10.1. The van der Waals surface area contributed by atoms with E-state index in [-0.39, 0.29) is 35.1 Å². The van der Waals surface area contributed by atoms with E-state index in [1.807, 2.05) is 35.2 Å². The van der Waals surface area contributed by atoms with Crippen molar-refractivity contribution in [2.75, 3.05) is 5.75 Å². The maximum atomic E-state index is 13.1. The van der Waals surface area contributed by atoms with Crippen LogP contribution in [-0.4, -0.2) is 51.8 Å². The summed E-state index contributed by atoms with van der Waals surface area (Å²) in [6, 6.07) is 18.4. The van der Waals surface area contributed by atoms with Crippen LogP contribution in [0.2, 0.25) is 0 Å². The summed E-state index contributed by atoms with van der Waals surface area (Å²) in [6.07, 6.45) is 2.47. The molecule has 0 aliphatic carbocycles. The predicted molar refractivity (Wildman–Crippen MR) is 116 cm³/mol. The van der Waals surface area contributed by atoms with E-state index >= 15 is 0 Å². The standard InChI is InChI=1S/C23H24N4O3S/c28-22(13-14-31(29,30)20-9-5-2-6-10-20)27-18-11-12-19(27)16-26-21(15-18)24-25-23(26)17-7-3-1-4-8-17/h1-10,18-19H,11-16H2. The minimum Gasteiger partial charge on any atom is -0.334 e. The molecule has 2 unspecified atom stereocenters. The molecule has 160 valence electrons. The summed E-state index contributed by atoms with van der Waals surface area (Å²) in [5.74, 6) is 1.45. The van der Waals surface area contributed by atoms with Crippen LogP contribution in [-0.2, 0) is 27.6 Å². The average molecular weight is 437 g/mol. The molecule has 2 atom stereocenters. The topological polar surface area (TPSA) is 85.2 Å². The molecule has 0 spiro atoms. The summed E-state index contributed by atoms with van der Waals surface area (Å²) >= 11 is 0. The Hall–Kier alpha value is -3.00. The Morgan fingerprint density at radius 1 is 0.935 bits per heavy atom. The highest BCUT2D eigenvalue weighted by molar-refractivity contribution is 7.91. The van der Waals surface area contributed by atoms with Gasteiger partial charge in [0.15, 0.2) is 15.7 Å². The smallest absolute Gasteiger partial charge is 0.224 e. The molecule has 2 aliphatic rings. The number of nitrogens with zero attached hydrogens (tertiary/aromatic N) is 4. The van der Waals surface area contributed by atoms with Gasteiger partial charge in [-0.25, -0.2) is 8.42 Å². The first-order chi connectivity index (χ1) is 15.0. The van der Waals surface area contributed by atoms with Crippen LogP contribution < -0.4 is 0 Å². The lowest BCUT2D eigenvalue weighted by Crippen LogP contribution is -2.42. The highest BCUT2D eigenvalue weighted by Gasteiger charge is 2.41. The zero-order valence-electron chi connectivity index (χ0n) is 17.1. The average Bonchev–Trinajstić information content (AvgIpc) is 3.32. The number of carbonyl (C=O) groups excluding carboxylic acids is 1. The summed E-state index contributed by atoms with van der Waals surface area (Å²) < 4.78 is 27.3. The number of amides is 1. The van der Waals surface area contributed by atoms with Gasteiger partial charge in [-0.15, -0.1) is 10.2 Å². The van der Waals surface area contributed by atoms with Crippen LogP contribution in [0.5, 0.6) is 0 Å². The Morgan fingerprint density at radius 3 is 2.35 bits per heavy atom. The highest BCUT2D eigenvalue weighted by atomic mass is 32.2. The second-order valence-corrected chi connectivity index (χ2v) is 10.3. The minimum absolute atomic E-state index is 0.00364. The van der Waals surface area contributed by atoms with Gasteiger partial charge in [0.25, 0.3) is 0 Å². The number of carbonyl (C=O) groups is 1. The Balaban J connectivity index is 1.34. The van der Waals surface area contributed by atoms with Crippen LogP contribution in [0.25, 0.3) is 11.4 Å². The molecule has 0 saturated carbocycles. The normalized spacial score (nSPS) is 20.3. The van der Waals surface area contributed by atoms with Crippen LogP contribution >= 0.6 is 0 Å². The Kier molecular flexibility index (Phi) is 5.09. The molecule has 31 heavy (non-hydrogen) atoms. The zero-order valence-corrected chi connectivity index (χ0v) is 17.9. The molecule has 7 nitrogen and oxygen atoms in total. The summed E-state index contributed by atoms with van der Waals surface area (Å²) in [7, 11) is -3.48. The molecule has 8 heteroatoms. The van der Waals surface area contributed by atoms with Crippen molar-refractivity contribution in [3.05, 3.63) is 66.5 Å². The fourth-order valence-electron chi connectivity index (χ4n) is 4.74. The van der Waals surface area contributed by atoms with Crippen LogP contribution in [0, 0.1) is 0 Å². The molecule has 3 aromatic rings. The predicted octanol–water partition coefficient (Wildman–Crippen LogP) is 2.72. The molecule has 3 heterocycles. The number of fused-ring (bicyclic) bond motifs is 3. The van der Waals surface area contributed by atoms with E-state index in [0.717, 1.165) is 30.1 Å². The van der Waals surface area contributed by atoms with E-state index < -0.39 is 9.84 Å².